The fourth-order valence-electron chi connectivity index (χ4n) is 4.64. The van der Waals surface area contributed by atoms with E-state index in [-0.39, 0.29) is 11.6 Å². The van der Waals surface area contributed by atoms with Gasteiger partial charge in [-0.1, -0.05) is 6.92 Å². The Bertz CT molecular complexity index is 1340. The van der Waals surface area contributed by atoms with Crippen molar-refractivity contribution in [2.45, 2.75) is 39.8 Å². The van der Waals surface area contributed by atoms with Gasteiger partial charge in [0.2, 0.25) is 0 Å². The van der Waals surface area contributed by atoms with E-state index >= 15 is 0 Å². The standard InChI is InChI=1S/C24H28FN7O/c1-4-26-16-8-9-30(12-16)21-7-6-18(22-19(21)14-32(5-2)29-22)24(33)28-17-10-20(25)23-27-15(3)11-31(23)13-17/h6-7,10-11,13-14,16,26H,4-5,8-9,12H2,1-3H3,(H,28,33)/t16-/m1/s1. The van der Waals surface area contributed by atoms with Crippen molar-refractivity contribution in [2.24, 2.45) is 0 Å². The molecule has 1 atom stereocenters. The molecule has 1 aromatic carbocycles. The number of imidazole rings is 1. The first kappa shape index (κ1) is 21.4. The summed E-state index contributed by atoms with van der Waals surface area (Å²) in [5, 5.41) is 12.0. The molecule has 9 heteroatoms. The van der Waals surface area contributed by atoms with Gasteiger partial charge in [-0.3, -0.25) is 9.48 Å². The summed E-state index contributed by atoms with van der Waals surface area (Å²) < 4.78 is 17.9. The molecule has 1 saturated heterocycles. The van der Waals surface area contributed by atoms with E-state index in [1.54, 1.807) is 23.7 Å². The first-order chi connectivity index (χ1) is 16.0. The van der Waals surface area contributed by atoms with Gasteiger partial charge in [0.05, 0.1) is 16.9 Å². The number of nitrogens with zero attached hydrogens (tertiary/aromatic N) is 5. The first-order valence-corrected chi connectivity index (χ1v) is 11.4. The number of fused-ring (bicyclic) bond motifs is 2. The Morgan fingerprint density at radius 2 is 2.09 bits per heavy atom. The summed E-state index contributed by atoms with van der Waals surface area (Å²) in [4.78, 5) is 19.7. The molecule has 2 N–H and O–H groups in total. The highest BCUT2D eigenvalue weighted by Gasteiger charge is 2.25. The van der Waals surface area contributed by atoms with Crippen molar-refractivity contribution in [3.63, 3.8) is 0 Å². The monoisotopic (exact) mass is 449 g/mol. The predicted molar refractivity (Wildman–Crippen MR) is 128 cm³/mol. The molecule has 8 nitrogen and oxygen atoms in total. The third-order valence-electron chi connectivity index (χ3n) is 6.18. The van der Waals surface area contributed by atoms with Crippen LogP contribution in [-0.2, 0) is 6.54 Å². The van der Waals surface area contributed by atoms with Gasteiger partial charge < -0.3 is 19.9 Å². The van der Waals surface area contributed by atoms with Crippen LogP contribution in [0.1, 0.15) is 36.3 Å². The Balaban J connectivity index is 1.48. The molecule has 1 aliphatic heterocycles. The third-order valence-corrected chi connectivity index (χ3v) is 6.18. The van der Waals surface area contributed by atoms with E-state index in [2.05, 4.69) is 32.5 Å². The highest BCUT2D eigenvalue weighted by atomic mass is 19.1. The first-order valence-electron chi connectivity index (χ1n) is 11.4. The summed E-state index contributed by atoms with van der Waals surface area (Å²) >= 11 is 0. The number of carbonyl (C=O) groups excluding carboxylic acids is 1. The Morgan fingerprint density at radius 1 is 1.24 bits per heavy atom. The molecule has 0 saturated carbocycles. The number of amides is 1. The second kappa shape index (κ2) is 8.47. The van der Waals surface area contributed by atoms with Gasteiger partial charge in [0.25, 0.3) is 5.91 Å². The van der Waals surface area contributed by atoms with Crippen molar-refractivity contribution in [3.8, 4) is 0 Å². The van der Waals surface area contributed by atoms with Crippen LogP contribution in [0.3, 0.4) is 0 Å². The van der Waals surface area contributed by atoms with Gasteiger partial charge in [-0.15, -0.1) is 0 Å². The van der Waals surface area contributed by atoms with Crippen LogP contribution in [0.4, 0.5) is 15.8 Å². The minimum Gasteiger partial charge on any atom is -0.369 e. The van der Waals surface area contributed by atoms with Crippen molar-refractivity contribution in [2.75, 3.05) is 29.9 Å². The largest absolute Gasteiger partial charge is 0.369 e. The number of hydrogen-bond acceptors (Lipinski definition) is 5. The number of aryl methyl sites for hydroxylation is 2. The fraction of sp³-hybridized carbons (Fsp3) is 0.375. The third kappa shape index (κ3) is 3.93. The number of hydrogen-bond donors (Lipinski definition) is 2. The molecule has 1 aliphatic rings. The van der Waals surface area contributed by atoms with E-state index in [4.69, 9.17) is 0 Å². The Labute approximate surface area is 191 Å². The van der Waals surface area contributed by atoms with E-state index in [1.807, 2.05) is 29.9 Å². The van der Waals surface area contributed by atoms with Gasteiger partial charge in [-0.2, -0.15) is 5.10 Å². The number of halogens is 1. The molecular weight excluding hydrogens is 421 g/mol. The van der Waals surface area contributed by atoms with E-state index in [0.717, 1.165) is 37.1 Å². The summed E-state index contributed by atoms with van der Waals surface area (Å²) in [5.41, 5.74) is 3.51. The number of likely N-dealkylation sites (N-methyl/N-ethyl adjacent to an activating group) is 1. The van der Waals surface area contributed by atoms with Crippen molar-refractivity contribution in [1.82, 2.24) is 24.5 Å². The number of nitrogens with one attached hydrogen (secondary N) is 2. The lowest BCUT2D eigenvalue weighted by atomic mass is 10.1. The van der Waals surface area contributed by atoms with Gasteiger partial charge in [-0.05, 0) is 38.9 Å². The van der Waals surface area contributed by atoms with Crippen molar-refractivity contribution in [1.29, 1.82) is 0 Å². The smallest absolute Gasteiger partial charge is 0.257 e. The van der Waals surface area contributed by atoms with Crippen LogP contribution in [0.5, 0.6) is 0 Å². The van der Waals surface area contributed by atoms with Crippen molar-refractivity contribution < 1.29 is 9.18 Å². The topological polar surface area (TPSA) is 79.5 Å². The Hall–Kier alpha value is -3.46. The van der Waals surface area contributed by atoms with Crippen LogP contribution >= 0.6 is 0 Å². The van der Waals surface area contributed by atoms with E-state index in [0.29, 0.717) is 35.0 Å². The molecular formula is C24H28FN7O. The van der Waals surface area contributed by atoms with Crippen LogP contribution in [-0.4, -0.2) is 50.7 Å². The lowest BCUT2D eigenvalue weighted by Crippen LogP contribution is -2.32. The van der Waals surface area contributed by atoms with Crippen molar-refractivity contribution >= 4 is 33.8 Å². The normalized spacial score (nSPS) is 16.2. The van der Waals surface area contributed by atoms with Crippen LogP contribution in [0.25, 0.3) is 16.6 Å². The number of rotatable bonds is 6. The minimum atomic E-state index is -0.485. The molecule has 4 heterocycles. The van der Waals surface area contributed by atoms with Crippen LogP contribution in [0, 0.1) is 12.7 Å². The van der Waals surface area contributed by atoms with Gasteiger partial charge >= 0.3 is 0 Å². The van der Waals surface area contributed by atoms with Crippen LogP contribution in [0.15, 0.2) is 36.8 Å². The maximum atomic E-state index is 14.5. The van der Waals surface area contributed by atoms with Crippen LogP contribution in [0.2, 0.25) is 0 Å². The maximum Gasteiger partial charge on any atom is 0.257 e. The average molecular weight is 450 g/mol. The maximum absolute atomic E-state index is 14.5. The second-order valence-corrected chi connectivity index (χ2v) is 8.51. The lowest BCUT2D eigenvalue weighted by Gasteiger charge is -2.20. The molecule has 0 spiro atoms. The lowest BCUT2D eigenvalue weighted by molar-refractivity contribution is 0.102. The van der Waals surface area contributed by atoms with Gasteiger partial charge in [0.1, 0.15) is 5.52 Å². The van der Waals surface area contributed by atoms with Gasteiger partial charge in [0.15, 0.2) is 11.5 Å². The summed E-state index contributed by atoms with van der Waals surface area (Å²) in [6.07, 6.45) is 6.47. The number of anilines is 2. The quantitative estimate of drug-likeness (QED) is 0.470. The molecule has 0 bridgehead atoms. The van der Waals surface area contributed by atoms with Gasteiger partial charge in [-0.25, -0.2) is 9.37 Å². The minimum absolute atomic E-state index is 0.236. The highest BCUT2D eigenvalue weighted by Crippen LogP contribution is 2.32. The molecule has 0 aliphatic carbocycles. The zero-order chi connectivity index (χ0) is 23.1. The molecule has 3 aromatic heterocycles. The van der Waals surface area contributed by atoms with Crippen molar-refractivity contribution in [3.05, 3.63) is 53.9 Å². The van der Waals surface area contributed by atoms with E-state index in [1.165, 1.54) is 6.07 Å². The average Bonchev–Trinajstić information content (AvgIpc) is 3.51. The molecule has 172 valence electrons. The summed E-state index contributed by atoms with van der Waals surface area (Å²) in [7, 11) is 0. The Morgan fingerprint density at radius 3 is 2.88 bits per heavy atom. The molecule has 0 unspecified atom stereocenters. The molecule has 1 amide bonds. The number of aromatic nitrogens is 4. The second-order valence-electron chi connectivity index (χ2n) is 8.51. The summed E-state index contributed by atoms with van der Waals surface area (Å²) in [6, 6.07) is 5.57. The Kier molecular flexibility index (Phi) is 5.49. The number of benzene rings is 1. The van der Waals surface area contributed by atoms with E-state index < -0.39 is 5.82 Å². The van der Waals surface area contributed by atoms with Crippen LogP contribution < -0.4 is 15.5 Å². The number of carbonyl (C=O) groups is 1. The molecule has 1 fully saturated rings. The molecule has 5 rings (SSSR count). The molecule has 33 heavy (non-hydrogen) atoms. The summed E-state index contributed by atoms with van der Waals surface area (Å²) in [6.45, 7) is 9.48. The zero-order valence-corrected chi connectivity index (χ0v) is 19.1. The van der Waals surface area contributed by atoms with E-state index in [9.17, 15) is 9.18 Å². The fourth-order valence-corrected chi connectivity index (χ4v) is 4.64. The SMILES string of the molecule is CCN[C@@H]1CCN(c2ccc(C(=O)Nc3cc(F)c4nc(C)cn4c3)c3nn(CC)cc23)C1. The summed E-state index contributed by atoms with van der Waals surface area (Å²) in [5.74, 6) is -0.809. The van der Waals surface area contributed by atoms with Gasteiger partial charge in [0, 0.05) is 61.4 Å². The highest BCUT2D eigenvalue weighted by molar-refractivity contribution is 6.13. The molecule has 4 aromatic rings. The predicted octanol–water partition coefficient (Wildman–Crippen LogP) is 3.59. The number of pyridine rings is 1. The zero-order valence-electron chi connectivity index (χ0n) is 19.1. The molecule has 0 radical (unpaired) electrons.